The first-order valence-electron chi connectivity index (χ1n) is 8.54. The van der Waals surface area contributed by atoms with E-state index >= 15 is 0 Å². The van der Waals surface area contributed by atoms with Gasteiger partial charge < -0.3 is 5.32 Å². The summed E-state index contributed by atoms with van der Waals surface area (Å²) in [5, 5.41) is 5.78. The van der Waals surface area contributed by atoms with Gasteiger partial charge >= 0.3 is 0 Å². The average molecular weight is 308 g/mol. The number of nitrogens with zero attached hydrogens (tertiary/aromatic N) is 2. The molecule has 1 aromatic heterocycles. The molecule has 118 valence electrons. The van der Waals surface area contributed by atoms with Crippen molar-refractivity contribution in [2.45, 2.75) is 44.7 Å². The second-order valence-electron chi connectivity index (χ2n) is 6.57. The van der Waals surface area contributed by atoms with Gasteiger partial charge in [0.1, 0.15) is 0 Å². The molecule has 4 heteroatoms. The van der Waals surface area contributed by atoms with Crippen molar-refractivity contribution in [3.05, 3.63) is 22.4 Å². The number of piperazine rings is 1. The van der Waals surface area contributed by atoms with Gasteiger partial charge in [-0.2, -0.15) is 0 Å². The monoisotopic (exact) mass is 307 g/mol. The van der Waals surface area contributed by atoms with Crippen LogP contribution in [0.4, 0.5) is 0 Å². The van der Waals surface area contributed by atoms with Crippen molar-refractivity contribution >= 4 is 11.3 Å². The molecule has 2 saturated heterocycles. The molecule has 21 heavy (non-hydrogen) atoms. The van der Waals surface area contributed by atoms with Crippen LogP contribution in [0, 0.1) is 0 Å². The number of hydrogen-bond acceptors (Lipinski definition) is 4. The van der Waals surface area contributed by atoms with E-state index in [1.165, 1.54) is 56.7 Å². The zero-order chi connectivity index (χ0) is 14.5. The molecule has 3 rings (SSSR count). The van der Waals surface area contributed by atoms with Crippen molar-refractivity contribution in [3.63, 3.8) is 0 Å². The average Bonchev–Trinajstić information content (AvgIpc) is 3.00. The number of thiophene rings is 1. The summed E-state index contributed by atoms with van der Waals surface area (Å²) < 4.78 is 0. The Morgan fingerprint density at radius 3 is 3.10 bits per heavy atom. The van der Waals surface area contributed by atoms with E-state index in [0.717, 1.165) is 25.2 Å². The van der Waals surface area contributed by atoms with Crippen molar-refractivity contribution in [1.29, 1.82) is 0 Å². The van der Waals surface area contributed by atoms with Crippen molar-refractivity contribution in [1.82, 2.24) is 15.1 Å². The maximum atomic E-state index is 3.61. The normalized spacial score (nSPS) is 27.7. The van der Waals surface area contributed by atoms with Crippen LogP contribution in [0.3, 0.4) is 0 Å². The maximum absolute atomic E-state index is 3.61. The van der Waals surface area contributed by atoms with Gasteiger partial charge in [-0.1, -0.05) is 12.5 Å². The highest BCUT2D eigenvalue weighted by molar-refractivity contribution is 7.09. The van der Waals surface area contributed by atoms with Crippen LogP contribution in [-0.4, -0.2) is 61.2 Å². The second kappa shape index (κ2) is 7.73. The summed E-state index contributed by atoms with van der Waals surface area (Å²) in [5.74, 6) is 0. The van der Waals surface area contributed by atoms with Crippen molar-refractivity contribution in [3.8, 4) is 0 Å². The quantitative estimate of drug-likeness (QED) is 0.815. The summed E-state index contributed by atoms with van der Waals surface area (Å²) in [6.45, 7) is 9.74. The molecule has 2 atom stereocenters. The Balaban J connectivity index is 1.34. The van der Waals surface area contributed by atoms with Crippen LogP contribution in [0.15, 0.2) is 17.5 Å². The molecule has 0 radical (unpaired) electrons. The smallest absolute Gasteiger partial charge is 0.0223 e. The first-order chi connectivity index (χ1) is 10.3. The van der Waals surface area contributed by atoms with Gasteiger partial charge in [0.15, 0.2) is 0 Å². The predicted molar refractivity (Wildman–Crippen MR) is 91.1 cm³/mol. The first kappa shape index (κ1) is 15.5. The zero-order valence-electron chi connectivity index (χ0n) is 13.3. The molecule has 0 saturated carbocycles. The second-order valence-corrected chi connectivity index (χ2v) is 7.60. The van der Waals surface area contributed by atoms with Gasteiger partial charge in [-0.3, -0.25) is 9.80 Å². The fourth-order valence-corrected chi connectivity index (χ4v) is 4.45. The van der Waals surface area contributed by atoms with Gasteiger partial charge in [0.25, 0.3) is 0 Å². The molecular weight excluding hydrogens is 278 g/mol. The fraction of sp³-hybridized carbons (Fsp3) is 0.765. The lowest BCUT2D eigenvalue weighted by Gasteiger charge is -2.47. The molecule has 2 fully saturated rings. The topological polar surface area (TPSA) is 18.5 Å². The van der Waals surface area contributed by atoms with Gasteiger partial charge in [0, 0.05) is 49.7 Å². The molecule has 0 bridgehead atoms. The third-order valence-electron chi connectivity index (χ3n) is 5.02. The maximum Gasteiger partial charge on any atom is 0.0223 e. The molecule has 1 aromatic rings. The lowest BCUT2D eigenvalue weighted by Crippen LogP contribution is -2.59. The standard InChI is InChI=1S/C17H29N3S/c1-15-13-20-10-3-2-5-16(20)14-19(15)11-9-18-8-7-17-6-4-12-21-17/h4,6,12,15-16,18H,2-3,5,7-11,13-14H2,1H3. The van der Waals surface area contributed by atoms with Crippen LogP contribution in [0.1, 0.15) is 31.1 Å². The van der Waals surface area contributed by atoms with Gasteiger partial charge in [0.05, 0.1) is 0 Å². The molecule has 0 amide bonds. The largest absolute Gasteiger partial charge is 0.315 e. The van der Waals surface area contributed by atoms with Crippen LogP contribution >= 0.6 is 11.3 Å². The van der Waals surface area contributed by atoms with E-state index < -0.39 is 0 Å². The Hall–Kier alpha value is -0.420. The molecule has 0 aromatic carbocycles. The molecule has 0 aliphatic carbocycles. The Morgan fingerprint density at radius 1 is 1.29 bits per heavy atom. The molecule has 0 spiro atoms. The summed E-state index contributed by atoms with van der Waals surface area (Å²) in [6.07, 6.45) is 5.43. The minimum atomic E-state index is 0.721. The highest BCUT2D eigenvalue weighted by Gasteiger charge is 2.32. The van der Waals surface area contributed by atoms with E-state index in [-0.39, 0.29) is 0 Å². The predicted octanol–water partition coefficient (Wildman–Crippen LogP) is 2.44. The van der Waals surface area contributed by atoms with E-state index in [1.54, 1.807) is 0 Å². The Labute approximate surface area is 133 Å². The molecule has 3 heterocycles. The highest BCUT2D eigenvalue weighted by Crippen LogP contribution is 2.23. The van der Waals surface area contributed by atoms with Crippen LogP contribution in [-0.2, 0) is 6.42 Å². The number of hydrogen-bond donors (Lipinski definition) is 1. The number of piperidine rings is 1. The van der Waals surface area contributed by atoms with Crippen molar-refractivity contribution in [2.75, 3.05) is 39.3 Å². The van der Waals surface area contributed by atoms with E-state index in [0.29, 0.717) is 0 Å². The Morgan fingerprint density at radius 2 is 2.24 bits per heavy atom. The van der Waals surface area contributed by atoms with Crippen LogP contribution in [0.25, 0.3) is 0 Å². The summed E-state index contributed by atoms with van der Waals surface area (Å²) in [7, 11) is 0. The van der Waals surface area contributed by atoms with Crippen LogP contribution in [0.5, 0.6) is 0 Å². The summed E-state index contributed by atoms with van der Waals surface area (Å²) in [4.78, 5) is 6.92. The molecule has 2 aliphatic rings. The SMILES string of the molecule is CC1CN2CCCCC2CN1CCNCCc1cccs1. The van der Waals surface area contributed by atoms with E-state index in [4.69, 9.17) is 0 Å². The van der Waals surface area contributed by atoms with Crippen LogP contribution in [0.2, 0.25) is 0 Å². The zero-order valence-corrected chi connectivity index (χ0v) is 14.1. The molecular formula is C17H29N3S. The molecule has 2 aliphatic heterocycles. The molecule has 1 N–H and O–H groups in total. The first-order valence-corrected chi connectivity index (χ1v) is 9.42. The fourth-order valence-electron chi connectivity index (χ4n) is 3.74. The van der Waals surface area contributed by atoms with Gasteiger partial charge in [0.2, 0.25) is 0 Å². The highest BCUT2D eigenvalue weighted by atomic mass is 32.1. The third-order valence-corrected chi connectivity index (χ3v) is 5.96. The van der Waals surface area contributed by atoms with Gasteiger partial charge in [-0.05, 0) is 44.2 Å². The lowest BCUT2D eigenvalue weighted by molar-refractivity contribution is 0.0161. The summed E-state index contributed by atoms with van der Waals surface area (Å²) >= 11 is 1.87. The number of rotatable bonds is 6. The molecule has 2 unspecified atom stereocenters. The minimum absolute atomic E-state index is 0.721. The van der Waals surface area contributed by atoms with Crippen molar-refractivity contribution in [2.24, 2.45) is 0 Å². The van der Waals surface area contributed by atoms with E-state index in [9.17, 15) is 0 Å². The number of nitrogens with one attached hydrogen (secondary N) is 1. The Kier molecular flexibility index (Phi) is 5.69. The van der Waals surface area contributed by atoms with Crippen molar-refractivity contribution < 1.29 is 0 Å². The van der Waals surface area contributed by atoms with Crippen LogP contribution < -0.4 is 5.32 Å². The minimum Gasteiger partial charge on any atom is -0.315 e. The van der Waals surface area contributed by atoms with Gasteiger partial charge in [-0.15, -0.1) is 11.3 Å². The van der Waals surface area contributed by atoms with Gasteiger partial charge in [-0.25, -0.2) is 0 Å². The third kappa shape index (κ3) is 4.28. The summed E-state index contributed by atoms with van der Waals surface area (Å²) in [5.41, 5.74) is 0. The van der Waals surface area contributed by atoms with E-state index in [1.807, 2.05) is 11.3 Å². The Bertz CT molecular complexity index is 406. The summed E-state index contributed by atoms with van der Waals surface area (Å²) in [6, 6.07) is 5.93. The number of fused-ring (bicyclic) bond motifs is 1. The molecule has 3 nitrogen and oxygen atoms in total. The van der Waals surface area contributed by atoms with E-state index in [2.05, 4.69) is 39.6 Å². The lowest BCUT2D eigenvalue weighted by atomic mass is 9.97.